The van der Waals surface area contributed by atoms with Gasteiger partial charge < -0.3 is 15.7 Å². The van der Waals surface area contributed by atoms with Gasteiger partial charge in [0, 0.05) is 29.3 Å². The van der Waals surface area contributed by atoms with Crippen molar-refractivity contribution in [1.29, 1.82) is 0 Å². The minimum absolute atomic E-state index is 0.167. The zero-order chi connectivity index (χ0) is 17.6. The van der Waals surface area contributed by atoms with E-state index in [1.165, 1.54) is 11.8 Å². The molecule has 1 heterocycles. The van der Waals surface area contributed by atoms with Crippen LogP contribution in [0.15, 0.2) is 24.3 Å². The maximum absolute atomic E-state index is 11.9. The van der Waals surface area contributed by atoms with Crippen LogP contribution >= 0.6 is 23.4 Å². The van der Waals surface area contributed by atoms with Crippen molar-refractivity contribution in [2.24, 2.45) is 0 Å². The fraction of sp³-hybridized carbons (Fsp3) is 0.438. The Kier molecular flexibility index (Phi) is 6.51. The summed E-state index contributed by atoms with van der Waals surface area (Å²) in [5.41, 5.74) is -0.648. The summed E-state index contributed by atoms with van der Waals surface area (Å²) in [7, 11) is 0. The molecule has 3 N–H and O–H groups in total. The largest absolute Gasteiger partial charge is 0.479 e. The average molecular weight is 371 g/mol. The van der Waals surface area contributed by atoms with Gasteiger partial charge in [-0.15, -0.1) is 0 Å². The van der Waals surface area contributed by atoms with E-state index in [9.17, 15) is 19.5 Å². The number of hydrogen-bond donors (Lipinski definition) is 3. The highest BCUT2D eigenvalue weighted by Crippen LogP contribution is 2.28. The van der Waals surface area contributed by atoms with E-state index in [-0.39, 0.29) is 18.2 Å². The first-order valence-corrected chi connectivity index (χ1v) is 9.12. The molecule has 1 unspecified atom stereocenters. The van der Waals surface area contributed by atoms with Crippen molar-refractivity contribution in [3.8, 4) is 0 Å². The van der Waals surface area contributed by atoms with Gasteiger partial charge in [0.15, 0.2) is 0 Å². The van der Waals surface area contributed by atoms with Crippen LogP contribution in [0.1, 0.15) is 29.6 Å². The summed E-state index contributed by atoms with van der Waals surface area (Å²) >= 11 is 7.28. The molecule has 0 radical (unpaired) electrons. The highest BCUT2D eigenvalue weighted by atomic mass is 35.5. The van der Waals surface area contributed by atoms with E-state index in [1.807, 2.05) is 0 Å². The molecule has 1 atom stereocenters. The number of halogens is 1. The smallest absolute Gasteiger partial charge is 0.330 e. The van der Waals surface area contributed by atoms with Crippen molar-refractivity contribution in [3.63, 3.8) is 0 Å². The van der Waals surface area contributed by atoms with E-state index >= 15 is 0 Å². The first-order valence-electron chi connectivity index (χ1n) is 7.59. The highest BCUT2D eigenvalue weighted by Gasteiger charge is 2.43. The third-order valence-electron chi connectivity index (χ3n) is 3.78. The van der Waals surface area contributed by atoms with Crippen molar-refractivity contribution < 1.29 is 19.5 Å². The fourth-order valence-corrected chi connectivity index (χ4v) is 3.82. The predicted molar refractivity (Wildman–Crippen MR) is 93.5 cm³/mol. The number of carboxylic acids is 1. The lowest BCUT2D eigenvalue weighted by atomic mass is 9.99. The van der Waals surface area contributed by atoms with Gasteiger partial charge in [-0.2, -0.15) is 11.8 Å². The van der Waals surface area contributed by atoms with E-state index < -0.39 is 11.5 Å². The molecule has 6 nitrogen and oxygen atoms in total. The molecule has 1 aliphatic rings. The minimum Gasteiger partial charge on any atom is -0.479 e. The number of benzene rings is 1. The summed E-state index contributed by atoms with van der Waals surface area (Å²) in [5.74, 6) is -0.413. The number of nitrogens with one attached hydrogen (secondary N) is 2. The molecule has 2 amide bonds. The first-order chi connectivity index (χ1) is 11.4. The number of amides is 2. The number of carbonyl (C=O) groups excluding carboxylic acids is 2. The molecule has 0 saturated carbocycles. The number of carbonyl (C=O) groups is 3. The summed E-state index contributed by atoms with van der Waals surface area (Å²) in [6.45, 7) is 0.337. The lowest BCUT2D eigenvalue weighted by molar-refractivity contribution is -0.146. The van der Waals surface area contributed by atoms with Crippen LogP contribution in [0.3, 0.4) is 0 Å². The maximum Gasteiger partial charge on any atom is 0.330 e. The van der Waals surface area contributed by atoms with Crippen LogP contribution in [-0.2, 0) is 9.59 Å². The molecular weight excluding hydrogens is 352 g/mol. The van der Waals surface area contributed by atoms with Crippen LogP contribution in [0.25, 0.3) is 0 Å². The molecule has 130 valence electrons. The van der Waals surface area contributed by atoms with E-state index in [2.05, 4.69) is 10.6 Å². The van der Waals surface area contributed by atoms with Crippen LogP contribution in [0, 0.1) is 0 Å². The summed E-state index contributed by atoms with van der Waals surface area (Å²) < 4.78 is 0. The number of carboxylic acid groups (broad SMARTS) is 1. The van der Waals surface area contributed by atoms with Crippen molar-refractivity contribution in [2.45, 2.75) is 24.8 Å². The lowest BCUT2D eigenvalue weighted by Gasteiger charge is -2.24. The molecular formula is C16H19ClN2O4S. The Balaban J connectivity index is 1.72. The van der Waals surface area contributed by atoms with Gasteiger partial charge >= 0.3 is 5.97 Å². The van der Waals surface area contributed by atoms with Crippen LogP contribution in [0.4, 0.5) is 0 Å². The third kappa shape index (κ3) is 4.88. The molecule has 1 aromatic carbocycles. The molecule has 0 bridgehead atoms. The monoisotopic (exact) mass is 370 g/mol. The van der Waals surface area contributed by atoms with E-state index in [0.29, 0.717) is 35.7 Å². The van der Waals surface area contributed by atoms with Crippen molar-refractivity contribution in [1.82, 2.24) is 10.6 Å². The second kappa shape index (κ2) is 8.39. The second-order valence-corrected chi connectivity index (χ2v) is 7.15. The molecule has 0 spiro atoms. The molecule has 0 aliphatic carbocycles. The van der Waals surface area contributed by atoms with Crippen molar-refractivity contribution in [3.05, 3.63) is 34.9 Å². The molecule has 1 fully saturated rings. The second-order valence-electron chi connectivity index (χ2n) is 5.60. The summed E-state index contributed by atoms with van der Waals surface area (Å²) in [4.78, 5) is 35.2. The summed E-state index contributed by atoms with van der Waals surface area (Å²) in [6, 6.07) is 6.52. The molecule has 8 heteroatoms. The third-order valence-corrected chi connectivity index (χ3v) is 5.22. The minimum atomic E-state index is -1.14. The van der Waals surface area contributed by atoms with Crippen LogP contribution in [-0.4, -0.2) is 46.5 Å². The SMILES string of the molecule is O=C(CCCNC(=O)c1ccc(Cl)cc1)NC1(C(=O)O)CCSC1. The number of thioether (sulfide) groups is 1. The molecule has 1 aromatic rings. The zero-order valence-electron chi connectivity index (χ0n) is 13.0. The molecule has 24 heavy (non-hydrogen) atoms. The normalized spacial score (nSPS) is 19.7. The van der Waals surface area contributed by atoms with Crippen molar-refractivity contribution in [2.75, 3.05) is 18.1 Å². The van der Waals surface area contributed by atoms with Gasteiger partial charge in [0.2, 0.25) is 5.91 Å². The van der Waals surface area contributed by atoms with Gasteiger partial charge in [-0.3, -0.25) is 9.59 Å². The molecule has 1 aliphatic heterocycles. The van der Waals surface area contributed by atoms with Crippen LogP contribution in [0.2, 0.25) is 5.02 Å². The summed E-state index contributed by atoms with van der Waals surface area (Å²) in [5, 5.41) is 15.2. The predicted octanol–water partition coefficient (Wildman–Crippen LogP) is 1.93. The molecule has 1 saturated heterocycles. The Bertz CT molecular complexity index is 615. The van der Waals surface area contributed by atoms with E-state index in [1.54, 1.807) is 24.3 Å². The molecule has 0 aromatic heterocycles. The highest BCUT2D eigenvalue weighted by molar-refractivity contribution is 7.99. The number of rotatable bonds is 7. The Morgan fingerprint density at radius 2 is 1.96 bits per heavy atom. The maximum atomic E-state index is 11.9. The topological polar surface area (TPSA) is 95.5 Å². The van der Waals surface area contributed by atoms with Crippen molar-refractivity contribution >= 4 is 41.1 Å². The number of aliphatic carboxylic acids is 1. The van der Waals surface area contributed by atoms with E-state index in [4.69, 9.17) is 11.6 Å². The Hall–Kier alpha value is -1.73. The van der Waals surface area contributed by atoms with Gasteiger partial charge in [0.25, 0.3) is 5.91 Å². The van der Waals surface area contributed by atoms with Gasteiger partial charge in [-0.05, 0) is 42.9 Å². The molecule has 2 rings (SSSR count). The van der Waals surface area contributed by atoms with Crippen LogP contribution in [0.5, 0.6) is 0 Å². The van der Waals surface area contributed by atoms with Gasteiger partial charge in [-0.25, -0.2) is 4.79 Å². The van der Waals surface area contributed by atoms with Gasteiger partial charge in [-0.1, -0.05) is 11.6 Å². The zero-order valence-corrected chi connectivity index (χ0v) is 14.6. The fourth-order valence-electron chi connectivity index (χ4n) is 2.37. The summed E-state index contributed by atoms with van der Waals surface area (Å²) in [6.07, 6.45) is 1.04. The first kappa shape index (κ1) is 18.6. The number of hydrogen-bond acceptors (Lipinski definition) is 4. The van der Waals surface area contributed by atoms with E-state index in [0.717, 1.165) is 5.75 Å². The van der Waals surface area contributed by atoms with Gasteiger partial charge in [0.05, 0.1) is 0 Å². The average Bonchev–Trinajstić information content (AvgIpc) is 3.02. The Labute approximate surface area is 149 Å². The quantitative estimate of drug-likeness (QED) is 0.637. The van der Waals surface area contributed by atoms with Crippen LogP contribution < -0.4 is 10.6 Å². The Morgan fingerprint density at radius 3 is 2.54 bits per heavy atom. The lowest BCUT2D eigenvalue weighted by Crippen LogP contribution is -2.54. The Morgan fingerprint density at radius 1 is 1.25 bits per heavy atom. The standard InChI is InChI=1S/C16H19ClN2O4S/c17-12-5-3-11(4-6-12)14(21)18-8-1-2-13(20)19-16(15(22)23)7-9-24-10-16/h3-6H,1-2,7-10H2,(H,18,21)(H,19,20)(H,22,23). The van der Waals surface area contributed by atoms with Gasteiger partial charge in [0.1, 0.15) is 5.54 Å².